The Bertz CT molecular complexity index is 309. The van der Waals surface area contributed by atoms with Crippen LogP contribution >= 0.6 is 0 Å². The number of nitrogens with zero attached hydrogens (tertiary/aromatic N) is 1. The number of aromatic carboxylic acids is 1. The van der Waals surface area contributed by atoms with E-state index >= 15 is 0 Å². The smallest absolute Gasteiger partial charge is 0.339 e. The van der Waals surface area contributed by atoms with Crippen LogP contribution in [0.5, 0.6) is 5.75 Å². The number of ether oxygens (including phenoxy) is 1. The molecular formula is C9H11NO3. The Hall–Kier alpha value is -1.58. The highest BCUT2D eigenvalue weighted by atomic mass is 16.5. The van der Waals surface area contributed by atoms with E-state index in [1.807, 2.05) is 13.8 Å². The molecule has 0 saturated heterocycles. The van der Waals surface area contributed by atoms with E-state index in [0.717, 1.165) is 0 Å². The van der Waals surface area contributed by atoms with Gasteiger partial charge in [0.05, 0.1) is 12.3 Å². The molecule has 1 rings (SSSR count). The Kier molecular flexibility index (Phi) is 2.84. The van der Waals surface area contributed by atoms with Crippen molar-refractivity contribution in [2.45, 2.75) is 20.0 Å². The van der Waals surface area contributed by atoms with Crippen LogP contribution in [0.25, 0.3) is 0 Å². The molecule has 1 aromatic rings. The van der Waals surface area contributed by atoms with Gasteiger partial charge in [0.25, 0.3) is 0 Å². The SMILES string of the molecule is CC(C)Oc1cnccc1C(=O)O. The normalized spacial score (nSPS) is 10.1. The van der Waals surface area contributed by atoms with Gasteiger partial charge in [-0.2, -0.15) is 0 Å². The minimum absolute atomic E-state index is 0.0534. The van der Waals surface area contributed by atoms with Gasteiger partial charge < -0.3 is 9.84 Å². The van der Waals surface area contributed by atoms with E-state index in [0.29, 0.717) is 5.75 Å². The molecule has 0 radical (unpaired) electrons. The molecule has 0 amide bonds. The standard InChI is InChI=1S/C9H11NO3/c1-6(2)13-8-5-10-4-3-7(8)9(11)12/h3-6H,1-2H3,(H,11,12). The van der Waals surface area contributed by atoms with Gasteiger partial charge in [-0.1, -0.05) is 0 Å². The zero-order valence-corrected chi connectivity index (χ0v) is 7.52. The van der Waals surface area contributed by atoms with E-state index in [-0.39, 0.29) is 11.7 Å². The lowest BCUT2D eigenvalue weighted by Crippen LogP contribution is -2.10. The molecule has 0 unspecified atom stereocenters. The Labute approximate surface area is 76.2 Å². The third-order valence-corrected chi connectivity index (χ3v) is 1.38. The zero-order valence-electron chi connectivity index (χ0n) is 7.52. The van der Waals surface area contributed by atoms with Gasteiger partial charge in [0, 0.05) is 6.20 Å². The van der Waals surface area contributed by atoms with Gasteiger partial charge in [-0.3, -0.25) is 4.98 Å². The summed E-state index contributed by atoms with van der Waals surface area (Å²) in [5.41, 5.74) is 0.142. The summed E-state index contributed by atoms with van der Waals surface area (Å²) in [6.45, 7) is 3.66. The van der Waals surface area contributed by atoms with Crippen LogP contribution in [-0.4, -0.2) is 22.2 Å². The van der Waals surface area contributed by atoms with Gasteiger partial charge in [-0.05, 0) is 19.9 Å². The summed E-state index contributed by atoms with van der Waals surface area (Å²) in [6, 6.07) is 1.42. The number of hydrogen-bond acceptors (Lipinski definition) is 3. The fourth-order valence-electron chi connectivity index (χ4n) is 0.905. The summed E-state index contributed by atoms with van der Waals surface area (Å²) in [5.74, 6) is -0.692. The fourth-order valence-corrected chi connectivity index (χ4v) is 0.905. The van der Waals surface area contributed by atoms with Crippen molar-refractivity contribution in [1.29, 1.82) is 0 Å². The van der Waals surface area contributed by atoms with Crippen molar-refractivity contribution in [3.63, 3.8) is 0 Å². The maximum atomic E-state index is 10.7. The van der Waals surface area contributed by atoms with Gasteiger partial charge in [0.2, 0.25) is 0 Å². The number of pyridine rings is 1. The highest BCUT2D eigenvalue weighted by molar-refractivity contribution is 5.90. The molecule has 0 aliphatic rings. The first-order valence-corrected chi connectivity index (χ1v) is 3.95. The topological polar surface area (TPSA) is 59.4 Å². The van der Waals surface area contributed by atoms with Crippen molar-refractivity contribution in [1.82, 2.24) is 4.98 Å². The van der Waals surface area contributed by atoms with Crippen molar-refractivity contribution < 1.29 is 14.6 Å². The molecule has 13 heavy (non-hydrogen) atoms. The quantitative estimate of drug-likeness (QED) is 0.768. The molecular weight excluding hydrogens is 170 g/mol. The lowest BCUT2D eigenvalue weighted by Gasteiger charge is -2.10. The minimum atomic E-state index is -1.00. The average molecular weight is 181 g/mol. The number of carboxylic acids is 1. The minimum Gasteiger partial charge on any atom is -0.488 e. The number of carbonyl (C=O) groups is 1. The van der Waals surface area contributed by atoms with Crippen LogP contribution in [-0.2, 0) is 0 Å². The van der Waals surface area contributed by atoms with Crippen molar-refractivity contribution in [2.24, 2.45) is 0 Å². The highest BCUT2D eigenvalue weighted by Gasteiger charge is 2.11. The summed E-state index contributed by atoms with van der Waals surface area (Å²) in [7, 11) is 0. The van der Waals surface area contributed by atoms with Crippen LogP contribution in [0.2, 0.25) is 0 Å². The van der Waals surface area contributed by atoms with Crippen LogP contribution in [0.15, 0.2) is 18.5 Å². The summed E-state index contributed by atoms with van der Waals surface area (Å²) >= 11 is 0. The molecule has 0 bridgehead atoms. The Morgan fingerprint density at radius 2 is 2.31 bits per heavy atom. The van der Waals surface area contributed by atoms with E-state index in [1.165, 1.54) is 18.5 Å². The van der Waals surface area contributed by atoms with E-state index in [2.05, 4.69) is 4.98 Å². The number of rotatable bonds is 3. The molecule has 70 valence electrons. The number of hydrogen-bond donors (Lipinski definition) is 1. The third-order valence-electron chi connectivity index (χ3n) is 1.38. The zero-order chi connectivity index (χ0) is 9.84. The molecule has 0 aliphatic heterocycles. The summed E-state index contributed by atoms with van der Waals surface area (Å²) in [5, 5.41) is 8.77. The molecule has 0 spiro atoms. The van der Waals surface area contributed by atoms with Crippen LogP contribution in [0, 0.1) is 0 Å². The fraction of sp³-hybridized carbons (Fsp3) is 0.333. The first-order chi connectivity index (χ1) is 6.11. The van der Waals surface area contributed by atoms with E-state index in [9.17, 15) is 4.79 Å². The van der Waals surface area contributed by atoms with Gasteiger partial charge in [0.1, 0.15) is 5.56 Å². The monoisotopic (exact) mass is 181 g/mol. The molecule has 0 fully saturated rings. The Balaban J connectivity index is 2.98. The van der Waals surface area contributed by atoms with Crippen LogP contribution in [0.1, 0.15) is 24.2 Å². The van der Waals surface area contributed by atoms with E-state index in [4.69, 9.17) is 9.84 Å². The number of aromatic nitrogens is 1. The molecule has 1 heterocycles. The molecule has 0 saturated carbocycles. The maximum absolute atomic E-state index is 10.7. The summed E-state index contributed by atoms with van der Waals surface area (Å²) < 4.78 is 5.26. The molecule has 0 aromatic carbocycles. The largest absolute Gasteiger partial charge is 0.488 e. The molecule has 1 aromatic heterocycles. The molecule has 4 nitrogen and oxygen atoms in total. The van der Waals surface area contributed by atoms with Gasteiger partial charge in [0.15, 0.2) is 5.75 Å². The first kappa shape index (κ1) is 9.51. The van der Waals surface area contributed by atoms with Crippen molar-refractivity contribution >= 4 is 5.97 Å². The lowest BCUT2D eigenvalue weighted by atomic mass is 10.2. The van der Waals surface area contributed by atoms with Gasteiger partial charge in [-0.15, -0.1) is 0 Å². The van der Waals surface area contributed by atoms with Gasteiger partial charge in [-0.25, -0.2) is 4.79 Å². The van der Waals surface area contributed by atoms with E-state index in [1.54, 1.807) is 0 Å². The molecule has 4 heteroatoms. The van der Waals surface area contributed by atoms with Crippen molar-refractivity contribution in [3.8, 4) is 5.75 Å². The number of carboxylic acid groups (broad SMARTS) is 1. The Morgan fingerprint density at radius 1 is 1.62 bits per heavy atom. The highest BCUT2D eigenvalue weighted by Crippen LogP contribution is 2.17. The van der Waals surface area contributed by atoms with Crippen molar-refractivity contribution in [2.75, 3.05) is 0 Å². The van der Waals surface area contributed by atoms with Crippen LogP contribution in [0.3, 0.4) is 0 Å². The predicted octanol–water partition coefficient (Wildman–Crippen LogP) is 1.57. The third kappa shape index (κ3) is 2.43. The molecule has 0 aliphatic carbocycles. The Morgan fingerprint density at radius 3 is 2.85 bits per heavy atom. The van der Waals surface area contributed by atoms with Crippen LogP contribution < -0.4 is 4.74 Å². The first-order valence-electron chi connectivity index (χ1n) is 3.95. The van der Waals surface area contributed by atoms with Crippen molar-refractivity contribution in [3.05, 3.63) is 24.0 Å². The lowest BCUT2D eigenvalue weighted by molar-refractivity contribution is 0.0690. The second-order valence-corrected chi connectivity index (χ2v) is 2.84. The second-order valence-electron chi connectivity index (χ2n) is 2.84. The summed E-state index contributed by atoms with van der Waals surface area (Å²) in [4.78, 5) is 14.5. The maximum Gasteiger partial charge on any atom is 0.339 e. The predicted molar refractivity (Wildman–Crippen MR) is 47.0 cm³/mol. The van der Waals surface area contributed by atoms with Gasteiger partial charge >= 0.3 is 5.97 Å². The summed E-state index contributed by atoms with van der Waals surface area (Å²) in [6.07, 6.45) is 2.78. The van der Waals surface area contributed by atoms with Crippen LogP contribution in [0.4, 0.5) is 0 Å². The molecule has 0 atom stereocenters. The second kappa shape index (κ2) is 3.89. The molecule has 1 N–H and O–H groups in total. The van der Waals surface area contributed by atoms with E-state index < -0.39 is 5.97 Å². The average Bonchev–Trinajstić information content (AvgIpc) is 2.03.